The predicted octanol–water partition coefficient (Wildman–Crippen LogP) is 4.75. The second-order valence-electron chi connectivity index (χ2n) is 8.65. The molecule has 0 aliphatic carbocycles. The largest absolute Gasteiger partial charge is 0.369 e. The fraction of sp³-hybridized carbons (Fsp3) is 0.308. The Kier molecular flexibility index (Phi) is 4.17. The lowest BCUT2D eigenvalue weighted by atomic mass is 9.92. The maximum absolute atomic E-state index is 3.89. The fourth-order valence-electron chi connectivity index (χ4n) is 5.84. The molecule has 3 aliphatic rings. The minimum atomic E-state index is 0.415. The molecule has 0 spiro atoms. The summed E-state index contributed by atoms with van der Waals surface area (Å²) in [4.78, 5) is 5.47. The number of benzene rings is 3. The third-order valence-electron chi connectivity index (χ3n) is 7.04. The number of hydrogen-bond donors (Lipinski definition) is 1. The number of fused-ring (bicyclic) bond motifs is 3. The maximum Gasteiger partial charge on any atom is 0.0847 e. The minimum Gasteiger partial charge on any atom is -0.369 e. The van der Waals surface area contributed by atoms with Crippen molar-refractivity contribution in [3.05, 3.63) is 102 Å². The Morgan fingerprint density at radius 1 is 0.759 bits per heavy atom. The minimum absolute atomic E-state index is 0.415. The summed E-state index contributed by atoms with van der Waals surface area (Å²) in [6.07, 6.45) is 1.69. The molecule has 0 aromatic heterocycles. The number of hydrogen-bond acceptors (Lipinski definition) is 3. The highest BCUT2D eigenvalue weighted by molar-refractivity contribution is 5.46. The van der Waals surface area contributed by atoms with E-state index in [1.54, 1.807) is 0 Å². The molecular formula is C26H27N3. The van der Waals surface area contributed by atoms with E-state index in [-0.39, 0.29) is 0 Å². The first-order valence-corrected chi connectivity index (χ1v) is 10.8. The number of anilines is 1. The molecule has 3 saturated heterocycles. The third kappa shape index (κ3) is 2.97. The zero-order valence-electron chi connectivity index (χ0n) is 16.6. The summed E-state index contributed by atoms with van der Waals surface area (Å²) < 4.78 is 0. The van der Waals surface area contributed by atoms with E-state index in [0.717, 1.165) is 6.54 Å². The van der Waals surface area contributed by atoms with Crippen molar-refractivity contribution in [3.63, 3.8) is 0 Å². The average Bonchev–Trinajstić information content (AvgIpc) is 3.24. The van der Waals surface area contributed by atoms with E-state index < -0.39 is 0 Å². The Balaban J connectivity index is 1.30. The van der Waals surface area contributed by atoms with Crippen molar-refractivity contribution in [2.45, 2.75) is 37.3 Å². The molecule has 3 heteroatoms. The maximum atomic E-state index is 3.89. The fourth-order valence-corrected chi connectivity index (χ4v) is 5.84. The molecule has 6 unspecified atom stereocenters. The Hall–Kier alpha value is -2.62. The summed E-state index contributed by atoms with van der Waals surface area (Å²) in [5.74, 6) is 0.684. The number of nitrogens with zero attached hydrogens (tertiary/aromatic N) is 2. The molecule has 6 rings (SSSR count). The molecule has 1 N–H and O–H groups in total. The van der Waals surface area contributed by atoms with Gasteiger partial charge >= 0.3 is 0 Å². The first-order valence-electron chi connectivity index (χ1n) is 10.8. The third-order valence-corrected chi connectivity index (χ3v) is 7.04. The molecule has 0 bridgehead atoms. The van der Waals surface area contributed by atoms with Crippen molar-refractivity contribution >= 4 is 5.69 Å². The number of nitrogens with one attached hydrogen (secondary N) is 1. The van der Waals surface area contributed by atoms with Crippen molar-refractivity contribution in [3.8, 4) is 0 Å². The Bertz CT molecular complexity index is 959. The van der Waals surface area contributed by atoms with E-state index in [9.17, 15) is 0 Å². The van der Waals surface area contributed by atoms with Gasteiger partial charge in [-0.25, -0.2) is 0 Å². The number of likely N-dealkylation sites (tertiary alicyclic amines) is 1. The number of piperidine rings is 1. The van der Waals surface area contributed by atoms with Crippen LogP contribution >= 0.6 is 0 Å². The van der Waals surface area contributed by atoms with Gasteiger partial charge in [0.25, 0.3) is 0 Å². The molecule has 0 radical (unpaired) electrons. The second-order valence-corrected chi connectivity index (χ2v) is 8.65. The van der Waals surface area contributed by atoms with Gasteiger partial charge in [0.15, 0.2) is 0 Å². The van der Waals surface area contributed by atoms with E-state index in [0.29, 0.717) is 30.2 Å². The zero-order valence-corrected chi connectivity index (χ0v) is 16.6. The van der Waals surface area contributed by atoms with Crippen molar-refractivity contribution in [2.75, 3.05) is 11.9 Å². The van der Waals surface area contributed by atoms with Crippen LogP contribution in [0.4, 0.5) is 5.69 Å². The van der Waals surface area contributed by atoms with Crippen LogP contribution in [0, 0.1) is 5.92 Å². The number of para-hydroxylation sites is 1. The summed E-state index contributed by atoms with van der Waals surface area (Å²) in [5.41, 5.74) is 4.12. The van der Waals surface area contributed by atoms with Gasteiger partial charge in [0.05, 0.1) is 12.2 Å². The zero-order chi connectivity index (χ0) is 19.2. The highest BCUT2D eigenvalue weighted by Crippen LogP contribution is 2.59. The van der Waals surface area contributed by atoms with Crippen LogP contribution < -0.4 is 5.32 Å². The monoisotopic (exact) mass is 381 g/mol. The molecule has 3 aromatic carbocycles. The van der Waals surface area contributed by atoms with Gasteiger partial charge in [-0.15, -0.1) is 0 Å². The van der Waals surface area contributed by atoms with Gasteiger partial charge in [-0.05, 0) is 36.2 Å². The van der Waals surface area contributed by atoms with Gasteiger partial charge in [0, 0.05) is 30.2 Å². The lowest BCUT2D eigenvalue weighted by molar-refractivity contribution is 0.224. The first kappa shape index (κ1) is 17.3. The van der Waals surface area contributed by atoms with Crippen molar-refractivity contribution in [1.29, 1.82) is 0 Å². The summed E-state index contributed by atoms with van der Waals surface area (Å²) in [5, 5.41) is 3.89. The smallest absolute Gasteiger partial charge is 0.0847 e. The normalized spacial score (nSPS) is 32.6. The van der Waals surface area contributed by atoms with Crippen LogP contribution in [-0.4, -0.2) is 34.6 Å². The molecule has 146 valence electrons. The standard InChI is InChI=1S/C26H27N3/c1-4-10-19(11-5-1)18-28-17-16-22-24(28)25-23(20-12-6-2-7-13-20)29(25)26(22)27-21-14-8-3-9-15-21/h1-15,22-27H,16-18H2. The van der Waals surface area contributed by atoms with Gasteiger partial charge in [0.2, 0.25) is 0 Å². The number of rotatable bonds is 5. The van der Waals surface area contributed by atoms with Crippen LogP contribution in [0.1, 0.15) is 23.6 Å². The summed E-state index contributed by atoms with van der Waals surface area (Å²) >= 11 is 0. The Morgan fingerprint density at radius 3 is 2.14 bits per heavy atom. The summed E-state index contributed by atoms with van der Waals surface area (Å²) in [6, 6.07) is 34.6. The van der Waals surface area contributed by atoms with E-state index in [1.807, 2.05) is 0 Å². The van der Waals surface area contributed by atoms with Gasteiger partial charge in [-0.1, -0.05) is 78.9 Å². The molecule has 3 fully saturated rings. The molecule has 3 aromatic rings. The van der Waals surface area contributed by atoms with Crippen molar-refractivity contribution in [2.24, 2.45) is 5.92 Å². The Morgan fingerprint density at radius 2 is 1.41 bits per heavy atom. The van der Waals surface area contributed by atoms with E-state index in [4.69, 9.17) is 0 Å². The molecule has 29 heavy (non-hydrogen) atoms. The molecule has 3 heterocycles. The summed E-state index contributed by atoms with van der Waals surface area (Å²) in [6.45, 7) is 2.26. The van der Waals surface area contributed by atoms with Gasteiger partial charge in [-0.3, -0.25) is 9.80 Å². The van der Waals surface area contributed by atoms with Gasteiger partial charge < -0.3 is 5.32 Å². The van der Waals surface area contributed by atoms with Crippen LogP contribution in [0.5, 0.6) is 0 Å². The first-order chi connectivity index (χ1) is 14.4. The molecule has 0 amide bonds. The van der Waals surface area contributed by atoms with Crippen molar-refractivity contribution in [1.82, 2.24) is 9.80 Å². The molecule has 0 saturated carbocycles. The topological polar surface area (TPSA) is 18.3 Å². The average molecular weight is 382 g/mol. The van der Waals surface area contributed by atoms with Crippen LogP contribution in [0.3, 0.4) is 0 Å². The van der Waals surface area contributed by atoms with E-state index >= 15 is 0 Å². The van der Waals surface area contributed by atoms with Crippen LogP contribution in [0.2, 0.25) is 0 Å². The van der Waals surface area contributed by atoms with Gasteiger partial charge in [0.1, 0.15) is 0 Å². The van der Waals surface area contributed by atoms with Crippen LogP contribution in [-0.2, 0) is 6.54 Å². The SMILES string of the molecule is c1ccc(CN2CCC3C2C2C(c4ccccc4)N2C3Nc2ccccc2)cc1. The van der Waals surface area contributed by atoms with Crippen LogP contribution in [0.15, 0.2) is 91.0 Å². The van der Waals surface area contributed by atoms with Gasteiger partial charge in [-0.2, -0.15) is 0 Å². The second kappa shape index (κ2) is 7.01. The quantitative estimate of drug-likeness (QED) is 0.643. The predicted molar refractivity (Wildman–Crippen MR) is 117 cm³/mol. The summed E-state index contributed by atoms with van der Waals surface area (Å²) in [7, 11) is 0. The molecule has 3 nitrogen and oxygen atoms in total. The van der Waals surface area contributed by atoms with Crippen LogP contribution in [0.25, 0.3) is 0 Å². The Labute approximate surface area is 173 Å². The highest BCUT2D eigenvalue weighted by atomic mass is 15.5. The molecule has 3 aliphatic heterocycles. The molecule has 6 atom stereocenters. The highest BCUT2D eigenvalue weighted by Gasteiger charge is 2.68. The van der Waals surface area contributed by atoms with E-state index in [1.165, 1.54) is 29.8 Å². The molecular weight excluding hydrogens is 354 g/mol. The van der Waals surface area contributed by atoms with E-state index in [2.05, 4.69) is 106 Å². The lowest BCUT2D eigenvalue weighted by Crippen LogP contribution is -2.39. The lowest BCUT2D eigenvalue weighted by Gasteiger charge is -2.29. The van der Waals surface area contributed by atoms with Crippen molar-refractivity contribution < 1.29 is 0 Å².